The van der Waals surface area contributed by atoms with E-state index in [-0.39, 0.29) is 17.4 Å². The number of halogens is 1. The minimum atomic E-state index is -0.610. The van der Waals surface area contributed by atoms with Crippen LogP contribution in [-0.2, 0) is 13.0 Å². The molecule has 2 aromatic heterocycles. The number of pyridine rings is 1. The number of Topliss-reactive ketones (excluding diaryl/α,β-unsaturated/α-hetero) is 1. The zero-order chi connectivity index (χ0) is 22.0. The number of methoxy groups -OCH3 is 1. The van der Waals surface area contributed by atoms with Crippen LogP contribution in [0.25, 0.3) is 11.0 Å². The average Bonchev–Trinajstić information content (AvgIpc) is 3.01. The third-order valence-corrected chi connectivity index (χ3v) is 5.47. The molecule has 0 aliphatic rings. The summed E-state index contributed by atoms with van der Waals surface area (Å²) in [5, 5.41) is 1.29. The summed E-state index contributed by atoms with van der Waals surface area (Å²) in [6, 6.07) is 8.83. The van der Waals surface area contributed by atoms with Gasteiger partial charge < -0.3 is 15.0 Å². The molecular formula is C23H26ClN3O3. The lowest BCUT2D eigenvalue weighted by molar-refractivity contribution is 0.0939. The van der Waals surface area contributed by atoms with Gasteiger partial charge in [-0.2, -0.15) is 0 Å². The van der Waals surface area contributed by atoms with Crippen molar-refractivity contribution in [3.63, 3.8) is 0 Å². The van der Waals surface area contributed by atoms with Crippen molar-refractivity contribution in [2.24, 2.45) is 11.7 Å². The van der Waals surface area contributed by atoms with Crippen LogP contribution in [-0.4, -0.2) is 28.4 Å². The molecule has 0 radical (unpaired) electrons. The number of hydrogen-bond acceptors (Lipinski definition) is 4. The summed E-state index contributed by atoms with van der Waals surface area (Å²) in [4.78, 5) is 29.4. The molecule has 30 heavy (non-hydrogen) atoms. The van der Waals surface area contributed by atoms with Gasteiger partial charge in [0.25, 0.3) is 5.91 Å². The molecule has 1 aromatic carbocycles. The third-order valence-electron chi connectivity index (χ3n) is 5.11. The smallest absolute Gasteiger partial charge is 0.267 e. The van der Waals surface area contributed by atoms with Gasteiger partial charge in [0.05, 0.1) is 13.7 Å². The number of carbonyl (C=O) groups is 2. The fraction of sp³-hybridized carbons (Fsp3) is 0.348. The van der Waals surface area contributed by atoms with Crippen molar-refractivity contribution in [1.29, 1.82) is 0 Å². The van der Waals surface area contributed by atoms with Crippen LogP contribution >= 0.6 is 11.6 Å². The first-order chi connectivity index (χ1) is 14.3. The Balaban J connectivity index is 2.29. The second kappa shape index (κ2) is 8.88. The number of amides is 1. The van der Waals surface area contributed by atoms with E-state index >= 15 is 0 Å². The second-order valence-corrected chi connectivity index (χ2v) is 7.97. The standard InChI is InChI=1S/C23H26ClN3O3/c1-5-6-19-20(21(28)13(2)3)16-9-10-18(22(25)29)26-23(16)27(19)12-14-7-8-15(30-4)11-17(14)24/h7-11,13H,5-6,12H2,1-4H3,(H2,25,29). The first-order valence-electron chi connectivity index (χ1n) is 9.97. The molecule has 0 saturated carbocycles. The molecule has 0 unspecified atom stereocenters. The Hall–Kier alpha value is -2.86. The quantitative estimate of drug-likeness (QED) is 0.530. The van der Waals surface area contributed by atoms with Crippen molar-refractivity contribution in [2.75, 3.05) is 7.11 Å². The molecule has 158 valence electrons. The fourth-order valence-electron chi connectivity index (χ4n) is 3.59. The summed E-state index contributed by atoms with van der Waals surface area (Å²) >= 11 is 6.49. The summed E-state index contributed by atoms with van der Waals surface area (Å²) in [6.07, 6.45) is 1.55. The first kappa shape index (κ1) is 21.8. The van der Waals surface area contributed by atoms with E-state index in [1.807, 2.05) is 30.5 Å². The molecule has 3 aromatic rings. The Morgan fingerprint density at radius 2 is 1.97 bits per heavy atom. The number of ketones is 1. The van der Waals surface area contributed by atoms with Gasteiger partial charge in [0.2, 0.25) is 0 Å². The number of primary amides is 1. The summed E-state index contributed by atoms with van der Waals surface area (Å²) in [5.41, 5.74) is 8.60. The number of aromatic nitrogens is 2. The zero-order valence-corrected chi connectivity index (χ0v) is 18.4. The van der Waals surface area contributed by atoms with E-state index in [9.17, 15) is 9.59 Å². The number of nitrogens with zero attached hydrogens (tertiary/aromatic N) is 2. The van der Waals surface area contributed by atoms with E-state index < -0.39 is 5.91 Å². The predicted octanol–water partition coefficient (Wildman–Crippen LogP) is 4.64. The van der Waals surface area contributed by atoms with Crippen molar-refractivity contribution >= 4 is 34.3 Å². The van der Waals surface area contributed by atoms with Crippen LogP contribution in [0, 0.1) is 5.92 Å². The van der Waals surface area contributed by atoms with Crippen molar-refractivity contribution < 1.29 is 14.3 Å². The fourth-order valence-corrected chi connectivity index (χ4v) is 3.82. The number of ether oxygens (including phenoxy) is 1. The molecule has 3 rings (SSSR count). The molecule has 0 bridgehead atoms. The molecule has 2 heterocycles. The topological polar surface area (TPSA) is 87.2 Å². The van der Waals surface area contributed by atoms with Gasteiger partial charge in [-0.15, -0.1) is 0 Å². The SMILES string of the molecule is CCCc1c(C(=O)C(C)C)c2ccc(C(N)=O)nc2n1Cc1ccc(OC)cc1Cl. The Kier molecular flexibility index (Phi) is 6.46. The number of benzene rings is 1. The van der Waals surface area contributed by atoms with Gasteiger partial charge in [0, 0.05) is 27.6 Å². The van der Waals surface area contributed by atoms with E-state index in [1.165, 1.54) is 0 Å². The summed E-state index contributed by atoms with van der Waals surface area (Å²) in [6.45, 7) is 6.24. The van der Waals surface area contributed by atoms with Crippen LogP contribution in [0.5, 0.6) is 5.75 Å². The van der Waals surface area contributed by atoms with Gasteiger partial charge in [0.15, 0.2) is 5.78 Å². The number of carbonyl (C=O) groups excluding carboxylic acids is 2. The van der Waals surface area contributed by atoms with Crippen molar-refractivity contribution in [3.05, 3.63) is 57.9 Å². The molecule has 0 fully saturated rings. The highest BCUT2D eigenvalue weighted by Crippen LogP contribution is 2.31. The zero-order valence-electron chi connectivity index (χ0n) is 17.7. The van der Waals surface area contributed by atoms with E-state index in [0.717, 1.165) is 23.1 Å². The number of rotatable bonds is 8. The van der Waals surface area contributed by atoms with Crippen LogP contribution in [0.4, 0.5) is 0 Å². The van der Waals surface area contributed by atoms with Gasteiger partial charge in [-0.3, -0.25) is 9.59 Å². The summed E-state index contributed by atoms with van der Waals surface area (Å²) in [7, 11) is 1.59. The highest BCUT2D eigenvalue weighted by molar-refractivity contribution is 6.31. The molecular weight excluding hydrogens is 402 g/mol. The van der Waals surface area contributed by atoms with Gasteiger partial charge in [-0.05, 0) is 36.2 Å². The van der Waals surface area contributed by atoms with E-state index in [1.54, 1.807) is 25.3 Å². The van der Waals surface area contributed by atoms with E-state index in [0.29, 0.717) is 34.9 Å². The van der Waals surface area contributed by atoms with E-state index in [4.69, 9.17) is 22.1 Å². The van der Waals surface area contributed by atoms with Crippen molar-refractivity contribution in [1.82, 2.24) is 9.55 Å². The molecule has 2 N–H and O–H groups in total. The lowest BCUT2D eigenvalue weighted by Crippen LogP contribution is -2.14. The average molecular weight is 428 g/mol. The molecule has 0 spiro atoms. The maximum atomic E-state index is 13.1. The third kappa shape index (κ3) is 4.05. The Bertz CT molecular complexity index is 1120. The Morgan fingerprint density at radius 1 is 1.23 bits per heavy atom. The van der Waals surface area contributed by atoms with Gasteiger partial charge >= 0.3 is 0 Å². The molecule has 0 saturated heterocycles. The first-order valence-corrected chi connectivity index (χ1v) is 10.3. The van der Waals surface area contributed by atoms with Gasteiger partial charge in [-0.1, -0.05) is 44.9 Å². The van der Waals surface area contributed by atoms with E-state index in [2.05, 4.69) is 11.9 Å². The largest absolute Gasteiger partial charge is 0.497 e. The van der Waals surface area contributed by atoms with Crippen LogP contribution in [0.1, 0.15) is 59.3 Å². The molecule has 0 aliphatic heterocycles. The Morgan fingerprint density at radius 3 is 2.53 bits per heavy atom. The second-order valence-electron chi connectivity index (χ2n) is 7.57. The normalized spacial score (nSPS) is 11.3. The van der Waals surface area contributed by atoms with Gasteiger partial charge in [0.1, 0.15) is 17.1 Å². The molecule has 6 nitrogen and oxygen atoms in total. The van der Waals surface area contributed by atoms with Crippen LogP contribution in [0.3, 0.4) is 0 Å². The molecule has 0 aliphatic carbocycles. The van der Waals surface area contributed by atoms with Crippen LogP contribution in [0.2, 0.25) is 5.02 Å². The summed E-state index contributed by atoms with van der Waals surface area (Å²) < 4.78 is 7.22. The molecule has 7 heteroatoms. The maximum Gasteiger partial charge on any atom is 0.267 e. The number of nitrogens with two attached hydrogens (primary N) is 1. The van der Waals surface area contributed by atoms with Crippen LogP contribution < -0.4 is 10.5 Å². The van der Waals surface area contributed by atoms with Crippen LogP contribution in [0.15, 0.2) is 30.3 Å². The van der Waals surface area contributed by atoms with Gasteiger partial charge in [-0.25, -0.2) is 4.98 Å². The monoisotopic (exact) mass is 427 g/mol. The highest BCUT2D eigenvalue weighted by Gasteiger charge is 2.25. The number of hydrogen-bond donors (Lipinski definition) is 1. The molecule has 1 amide bonds. The highest BCUT2D eigenvalue weighted by atomic mass is 35.5. The number of fused-ring (bicyclic) bond motifs is 1. The lowest BCUT2D eigenvalue weighted by Gasteiger charge is -2.14. The summed E-state index contributed by atoms with van der Waals surface area (Å²) in [5.74, 6) is -0.0580. The minimum absolute atomic E-state index is 0.0525. The van der Waals surface area contributed by atoms with Crippen molar-refractivity contribution in [2.45, 2.75) is 40.2 Å². The minimum Gasteiger partial charge on any atom is -0.497 e. The predicted molar refractivity (Wildman–Crippen MR) is 119 cm³/mol. The molecule has 0 atom stereocenters. The lowest BCUT2D eigenvalue weighted by atomic mass is 9.97. The maximum absolute atomic E-state index is 13.1. The Labute approximate surface area is 181 Å². The van der Waals surface area contributed by atoms with Crippen molar-refractivity contribution in [3.8, 4) is 5.75 Å².